The number of anilines is 1. The molecule has 0 saturated heterocycles. The van der Waals surface area contributed by atoms with Crippen molar-refractivity contribution < 1.29 is 14.7 Å². The molecule has 1 N–H and O–H groups in total. The van der Waals surface area contributed by atoms with Gasteiger partial charge >= 0.3 is 0 Å². The van der Waals surface area contributed by atoms with Crippen LogP contribution in [-0.4, -0.2) is 32.4 Å². The van der Waals surface area contributed by atoms with Gasteiger partial charge in [-0.25, -0.2) is 0 Å². The van der Waals surface area contributed by atoms with E-state index in [4.69, 9.17) is 0 Å². The first kappa shape index (κ1) is 19.7. The van der Waals surface area contributed by atoms with E-state index in [1.807, 2.05) is 48.5 Å². The largest absolute Gasteiger partial charge is 0.549 e. The van der Waals surface area contributed by atoms with E-state index in [-0.39, 0.29) is 11.7 Å². The van der Waals surface area contributed by atoms with Gasteiger partial charge in [0.15, 0.2) is 11.0 Å². The third kappa shape index (κ3) is 4.04. The van der Waals surface area contributed by atoms with Crippen LogP contribution in [0.15, 0.2) is 71.9 Å². The molecule has 0 unspecified atom stereocenters. The van der Waals surface area contributed by atoms with Crippen LogP contribution in [0.25, 0.3) is 22.2 Å². The molecule has 0 spiro atoms. The summed E-state index contributed by atoms with van der Waals surface area (Å²) in [4.78, 5) is 23.6. The fraction of sp³-hybridized carbons (Fsp3) is 0.0909. The maximum Gasteiger partial charge on any atom is 0.256 e. The van der Waals surface area contributed by atoms with Crippen molar-refractivity contribution in [3.8, 4) is 11.4 Å². The van der Waals surface area contributed by atoms with Crippen LogP contribution in [0.3, 0.4) is 0 Å². The molecule has 0 fully saturated rings. The lowest BCUT2D eigenvalue weighted by molar-refractivity contribution is -0.301. The van der Waals surface area contributed by atoms with E-state index in [0.717, 1.165) is 28.1 Å². The fourth-order valence-electron chi connectivity index (χ4n) is 3.17. The molecule has 0 aliphatic heterocycles. The second-order valence-electron chi connectivity index (χ2n) is 6.59. The van der Waals surface area contributed by atoms with Crippen LogP contribution < -0.4 is 10.4 Å². The van der Waals surface area contributed by atoms with Crippen LogP contribution in [0.4, 0.5) is 5.69 Å². The van der Waals surface area contributed by atoms with Crippen molar-refractivity contribution in [1.29, 1.82) is 0 Å². The number of carboxylic acid groups (broad SMARTS) is 1. The molecule has 1 aromatic heterocycles. The maximum atomic E-state index is 12.9. The molecular formula is C22H17N4O3S-. The minimum Gasteiger partial charge on any atom is -0.549 e. The van der Waals surface area contributed by atoms with Crippen molar-refractivity contribution in [2.24, 2.45) is 7.05 Å². The van der Waals surface area contributed by atoms with E-state index >= 15 is 0 Å². The molecule has 150 valence electrons. The van der Waals surface area contributed by atoms with Gasteiger partial charge in [0.05, 0.1) is 5.97 Å². The third-order valence-corrected chi connectivity index (χ3v) is 5.56. The topological polar surface area (TPSA) is 99.9 Å². The van der Waals surface area contributed by atoms with Crippen LogP contribution >= 0.6 is 11.8 Å². The van der Waals surface area contributed by atoms with Gasteiger partial charge in [-0.3, -0.25) is 4.79 Å². The van der Waals surface area contributed by atoms with Gasteiger partial charge < -0.3 is 19.8 Å². The van der Waals surface area contributed by atoms with Crippen molar-refractivity contribution in [3.05, 3.63) is 72.3 Å². The van der Waals surface area contributed by atoms with Crippen LogP contribution in [0.1, 0.15) is 10.4 Å². The smallest absolute Gasteiger partial charge is 0.256 e. The number of nitrogens with zero attached hydrogens (tertiary/aromatic N) is 3. The van der Waals surface area contributed by atoms with E-state index in [1.54, 1.807) is 29.8 Å². The van der Waals surface area contributed by atoms with Crippen molar-refractivity contribution in [2.75, 3.05) is 11.1 Å². The fourth-order valence-corrected chi connectivity index (χ4v) is 3.80. The highest BCUT2D eigenvalue weighted by Gasteiger charge is 2.14. The average molecular weight is 417 g/mol. The molecular weight excluding hydrogens is 400 g/mol. The highest BCUT2D eigenvalue weighted by molar-refractivity contribution is 7.99. The number of carbonyl (C=O) groups is 2. The van der Waals surface area contributed by atoms with Gasteiger partial charge in [0.25, 0.3) is 5.91 Å². The van der Waals surface area contributed by atoms with Crippen molar-refractivity contribution in [1.82, 2.24) is 14.8 Å². The first-order valence-corrected chi connectivity index (χ1v) is 10.1. The van der Waals surface area contributed by atoms with E-state index in [9.17, 15) is 14.7 Å². The predicted octanol–water partition coefficient (Wildman–Crippen LogP) is 2.73. The quantitative estimate of drug-likeness (QED) is 0.484. The number of nitrogens with one attached hydrogen (secondary N) is 1. The molecule has 0 radical (unpaired) electrons. The lowest BCUT2D eigenvalue weighted by Crippen LogP contribution is -2.24. The second kappa shape index (κ2) is 8.38. The molecule has 4 rings (SSSR count). The van der Waals surface area contributed by atoms with Gasteiger partial charge in [0.1, 0.15) is 0 Å². The van der Waals surface area contributed by atoms with Gasteiger partial charge in [-0.2, -0.15) is 0 Å². The second-order valence-corrected chi connectivity index (χ2v) is 7.53. The van der Waals surface area contributed by atoms with Crippen LogP contribution in [-0.2, 0) is 11.8 Å². The van der Waals surface area contributed by atoms with E-state index in [2.05, 4.69) is 15.5 Å². The Labute approximate surface area is 176 Å². The Morgan fingerprint density at radius 1 is 1.03 bits per heavy atom. The zero-order chi connectivity index (χ0) is 21.1. The van der Waals surface area contributed by atoms with E-state index in [0.29, 0.717) is 22.2 Å². The van der Waals surface area contributed by atoms with E-state index < -0.39 is 5.97 Å². The Hall–Kier alpha value is -3.65. The third-order valence-electron chi connectivity index (χ3n) is 4.57. The number of rotatable bonds is 6. The molecule has 7 nitrogen and oxygen atoms in total. The molecule has 3 aromatic carbocycles. The Bertz CT molecular complexity index is 1250. The summed E-state index contributed by atoms with van der Waals surface area (Å²) in [5.41, 5.74) is 1.97. The van der Waals surface area contributed by atoms with Gasteiger partial charge in [0, 0.05) is 29.6 Å². The molecule has 1 amide bonds. The number of hydrogen-bond donors (Lipinski definition) is 1. The monoisotopic (exact) mass is 417 g/mol. The molecule has 4 aromatic rings. The molecule has 0 bridgehead atoms. The summed E-state index contributed by atoms with van der Waals surface area (Å²) in [6.07, 6.45) is 0. The zero-order valence-corrected chi connectivity index (χ0v) is 16.8. The summed E-state index contributed by atoms with van der Waals surface area (Å²) >= 11 is 1.04. The lowest BCUT2D eigenvalue weighted by Gasteiger charge is -2.10. The van der Waals surface area contributed by atoms with Crippen molar-refractivity contribution >= 4 is 40.1 Å². The summed E-state index contributed by atoms with van der Waals surface area (Å²) in [6.45, 7) is 0. The SMILES string of the molecule is Cn1c(SCC(=O)[O-])nnc1-c1cccc(NC(=O)c2cccc3ccccc23)c1. The first-order chi connectivity index (χ1) is 14.5. The normalized spacial score (nSPS) is 10.8. The molecule has 0 saturated carbocycles. The highest BCUT2D eigenvalue weighted by atomic mass is 32.2. The lowest BCUT2D eigenvalue weighted by atomic mass is 10.0. The number of carbonyl (C=O) groups excluding carboxylic acids is 2. The number of benzene rings is 3. The summed E-state index contributed by atoms with van der Waals surface area (Å²) in [7, 11) is 1.76. The molecule has 1 heterocycles. The van der Waals surface area contributed by atoms with Crippen LogP contribution in [0.5, 0.6) is 0 Å². The molecule has 8 heteroatoms. The van der Waals surface area contributed by atoms with Crippen LogP contribution in [0, 0.1) is 0 Å². The summed E-state index contributed by atoms with van der Waals surface area (Å²) < 4.78 is 1.71. The number of aromatic nitrogens is 3. The van der Waals surface area contributed by atoms with Crippen molar-refractivity contribution in [2.45, 2.75) is 5.16 Å². The van der Waals surface area contributed by atoms with E-state index in [1.165, 1.54) is 0 Å². The minimum absolute atomic E-state index is 0.201. The number of fused-ring (bicyclic) bond motifs is 1. The van der Waals surface area contributed by atoms with Gasteiger partial charge in [-0.05, 0) is 29.0 Å². The number of thioether (sulfide) groups is 1. The number of carboxylic acids is 1. The number of hydrogen-bond acceptors (Lipinski definition) is 6. The Morgan fingerprint density at radius 2 is 1.80 bits per heavy atom. The average Bonchev–Trinajstić information content (AvgIpc) is 3.12. The molecule has 0 aliphatic carbocycles. The highest BCUT2D eigenvalue weighted by Crippen LogP contribution is 2.25. The summed E-state index contributed by atoms with van der Waals surface area (Å²) in [6, 6.07) is 20.6. The molecule has 0 atom stereocenters. The standard InChI is InChI=1S/C22H18N4O3S/c1-26-20(24-25-22(26)30-13-19(27)28)15-8-4-9-16(12-15)23-21(29)18-11-5-7-14-6-2-3-10-17(14)18/h2-12H,13H2,1H3,(H,23,29)(H,27,28)/p-1. The van der Waals surface area contributed by atoms with Gasteiger partial charge in [-0.1, -0.05) is 60.3 Å². The molecule has 30 heavy (non-hydrogen) atoms. The Kier molecular flexibility index (Phi) is 5.49. The summed E-state index contributed by atoms with van der Waals surface area (Å²) in [5, 5.41) is 24.2. The molecule has 0 aliphatic rings. The Balaban J connectivity index is 1.58. The maximum absolute atomic E-state index is 12.9. The van der Waals surface area contributed by atoms with Gasteiger partial charge in [-0.15, -0.1) is 10.2 Å². The van der Waals surface area contributed by atoms with Crippen molar-refractivity contribution in [3.63, 3.8) is 0 Å². The predicted molar refractivity (Wildman–Crippen MR) is 114 cm³/mol. The number of amides is 1. The first-order valence-electron chi connectivity index (χ1n) is 9.14. The number of aliphatic carboxylic acids is 1. The Morgan fingerprint density at radius 3 is 2.63 bits per heavy atom. The van der Waals surface area contributed by atoms with Gasteiger partial charge in [0.2, 0.25) is 0 Å². The summed E-state index contributed by atoms with van der Waals surface area (Å²) in [5.74, 6) is -1.00. The van der Waals surface area contributed by atoms with Crippen LogP contribution in [0.2, 0.25) is 0 Å². The minimum atomic E-state index is -1.16. The zero-order valence-electron chi connectivity index (χ0n) is 16.0.